The molecule has 0 unspecified atom stereocenters. The van der Waals surface area contributed by atoms with E-state index in [9.17, 15) is 0 Å². The first-order valence-corrected chi connectivity index (χ1v) is 9.88. The lowest BCUT2D eigenvalue weighted by Gasteiger charge is -2.55. The number of hydrogen-bond donors (Lipinski definition) is 0. The molecule has 2 aliphatic heterocycles. The van der Waals surface area contributed by atoms with E-state index in [0.717, 1.165) is 24.8 Å². The van der Waals surface area contributed by atoms with Crippen LogP contribution in [0.3, 0.4) is 0 Å². The fraction of sp³-hybridized carbons (Fsp3) is 0.714. The summed E-state index contributed by atoms with van der Waals surface area (Å²) in [6.07, 6.45) is 2.92. The minimum absolute atomic E-state index is 0.265. The molecule has 3 aliphatic rings. The zero-order valence-electron chi connectivity index (χ0n) is 16.1. The first-order chi connectivity index (χ1) is 12.0. The molecule has 0 spiro atoms. The predicted octanol–water partition coefficient (Wildman–Crippen LogP) is 2.69. The topological polar surface area (TPSA) is 19.0 Å². The molecule has 2 heterocycles. The molecule has 25 heavy (non-hydrogen) atoms. The van der Waals surface area contributed by atoms with Crippen molar-refractivity contribution in [1.29, 1.82) is 0 Å². The lowest BCUT2D eigenvalue weighted by atomic mass is 9.92. The third-order valence-corrected chi connectivity index (χ3v) is 6.20. The predicted molar refractivity (Wildman–Crippen MR) is 102 cm³/mol. The first kappa shape index (κ1) is 17.3. The molecule has 1 aromatic rings. The lowest BCUT2D eigenvalue weighted by Crippen LogP contribution is -2.69. The summed E-state index contributed by atoms with van der Waals surface area (Å²) in [4.78, 5) is 8.16. The van der Waals surface area contributed by atoms with E-state index in [-0.39, 0.29) is 5.54 Å². The quantitative estimate of drug-likeness (QED) is 0.818. The van der Waals surface area contributed by atoms with Crippen LogP contribution in [0.15, 0.2) is 24.3 Å². The van der Waals surface area contributed by atoms with Crippen LogP contribution in [0, 0.1) is 5.92 Å². The SMILES string of the molecule is COc1ccc(CN2C[C@@H]3CN(CC4CC4)CCN3C(C)(C)C2)cc1. The van der Waals surface area contributed by atoms with Crippen molar-refractivity contribution in [3.8, 4) is 5.75 Å². The first-order valence-electron chi connectivity index (χ1n) is 9.88. The number of fused-ring (bicyclic) bond motifs is 1. The van der Waals surface area contributed by atoms with Crippen molar-refractivity contribution in [1.82, 2.24) is 14.7 Å². The fourth-order valence-electron chi connectivity index (χ4n) is 4.81. The van der Waals surface area contributed by atoms with Crippen LogP contribution < -0.4 is 4.74 Å². The average Bonchev–Trinajstić information content (AvgIpc) is 3.38. The van der Waals surface area contributed by atoms with Gasteiger partial charge in [-0.05, 0) is 50.3 Å². The highest BCUT2D eigenvalue weighted by Gasteiger charge is 2.42. The third-order valence-electron chi connectivity index (χ3n) is 6.20. The second kappa shape index (κ2) is 6.90. The number of hydrogen-bond acceptors (Lipinski definition) is 4. The molecule has 0 N–H and O–H groups in total. The number of nitrogens with zero attached hydrogens (tertiary/aromatic N) is 3. The Morgan fingerprint density at radius 2 is 1.76 bits per heavy atom. The van der Waals surface area contributed by atoms with Gasteiger partial charge in [-0.2, -0.15) is 0 Å². The molecule has 1 saturated carbocycles. The molecule has 4 rings (SSSR count). The molecular formula is C21H33N3O. The Kier molecular flexibility index (Phi) is 4.78. The third kappa shape index (κ3) is 4.02. The van der Waals surface area contributed by atoms with Gasteiger partial charge in [-0.25, -0.2) is 0 Å². The van der Waals surface area contributed by atoms with E-state index in [1.807, 2.05) is 0 Å². The van der Waals surface area contributed by atoms with Crippen molar-refractivity contribution in [3.63, 3.8) is 0 Å². The molecule has 3 fully saturated rings. The van der Waals surface area contributed by atoms with Crippen molar-refractivity contribution >= 4 is 0 Å². The summed E-state index contributed by atoms with van der Waals surface area (Å²) in [6.45, 7) is 13.3. The van der Waals surface area contributed by atoms with E-state index in [1.54, 1.807) is 7.11 Å². The summed E-state index contributed by atoms with van der Waals surface area (Å²) in [5, 5.41) is 0. The standard InChI is InChI=1S/C21H33N3O/c1-21(2)16-23(13-18-6-8-20(25-3)9-7-18)15-19-14-22(10-11-24(19)21)12-17-4-5-17/h6-9,17,19H,4-5,10-16H2,1-3H3/t19-/m0/s1. The summed E-state index contributed by atoms with van der Waals surface area (Å²) in [7, 11) is 1.73. The number of piperazine rings is 2. The van der Waals surface area contributed by atoms with E-state index < -0.39 is 0 Å². The Bertz CT molecular complexity index is 581. The normalized spacial score (nSPS) is 27.9. The smallest absolute Gasteiger partial charge is 0.118 e. The molecule has 0 aromatic heterocycles. The molecule has 1 aliphatic carbocycles. The second-order valence-corrected chi connectivity index (χ2v) is 8.88. The van der Waals surface area contributed by atoms with E-state index in [2.05, 4.69) is 52.8 Å². The van der Waals surface area contributed by atoms with E-state index >= 15 is 0 Å². The fourth-order valence-corrected chi connectivity index (χ4v) is 4.81. The highest BCUT2D eigenvalue weighted by atomic mass is 16.5. The molecule has 138 valence electrons. The molecular weight excluding hydrogens is 310 g/mol. The van der Waals surface area contributed by atoms with Crippen LogP contribution in [0.4, 0.5) is 0 Å². The van der Waals surface area contributed by atoms with Gasteiger partial charge in [0.25, 0.3) is 0 Å². The number of benzene rings is 1. The maximum atomic E-state index is 5.29. The van der Waals surface area contributed by atoms with Crippen LogP contribution in [0.5, 0.6) is 5.75 Å². The van der Waals surface area contributed by atoms with E-state index in [0.29, 0.717) is 6.04 Å². The minimum atomic E-state index is 0.265. The van der Waals surface area contributed by atoms with Gasteiger partial charge in [0.2, 0.25) is 0 Å². The van der Waals surface area contributed by atoms with Gasteiger partial charge in [0.05, 0.1) is 7.11 Å². The Morgan fingerprint density at radius 1 is 1.04 bits per heavy atom. The van der Waals surface area contributed by atoms with Gasteiger partial charge >= 0.3 is 0 Å². The minimum Gasteiger partial charge on any atom is -0.497 e. The van der Waals surface area contributed by atoms with Crippen LogP contribution in [0.25, 0.3) is 0 Å². The van der Waals surface area contributed by atoms with Crippen LogP contribution >= 0.6 is 0 Å². The van der Waals surface area contributed by atoms with Gasteiger partial charge < -0.3 is 9.64 Å². The van der Waals surface area contributed by atoms with E-state index in [1.165, 1.54) is 51.1 Å². The molecule has 0 bridgehead atoms. The summed E-state index contributed by atoms with van der Waals surface area (Å²) < 4.78 is 5.29. The molecule has 0 radical (unpaired) electrons. The monoisotopic (exact) mass is 343 g/mol. The Hall–Kier alpha value is -1.10. The van der Waals surface area contributed by atoms with Crippen molar-refractivity contribution in [3.05, 3.63) is 29.8 Å². The summed E-state index contributed by atoms with van der Waals surface area (Å²) in [5.41, 5.74) is 1.65. The average molecular weight is 344 g/mol. The van der Waals surface area contributed by atoms with Gasteiger partial charge in [-0.3, -0.25) is 9.80 Å². The zero-order chi connectivity index (χ0) is 17.4. The molecule has 4 nitrogen and oxygen atoms in total. The number of methoxy groups -OCH3 is 1. The Morgan fingerprint density at radius 3 is 2.44 bits per heavy atom. The Labute approximate surface area is 152 Å². The van der Waals surface area contributed by atoms with Crippen LogP contribution in [-0.2, 0) is 6.54 Å². The van der Waals surface area contributed by atoms with Crippen molar-refractivity contribution < 1.29 is 4.74 Å². The van der Waals surface area contributed by atoms with Gasteiger partial charge in [0.15, 0.2) is 0 Å². The molecule has 1 aromatic carbocycles. The molecule has 0 amide bonds. The second-order valence-electron chi connectivity index (χ2n) is 8.88. The molecule has 4 heteroatoms. The van der Waals surface area contributed by atoms with Gasteiger partial charge in [0.1, 0.15) is 5.75 Å². The zero-order valence-corrected chi connectivity index (χ0v) is 16.1. The lowest BCUT2D eigenvalue weighted by molar-refractivity contribution is -0.0675. The van der Waals surface area contributed by atoms with Crippen LogP contribution in [0.2, 0.25) is 0 Å². The van der Waals surface area contributed by atoms with Gasteiger partial charge in [0, 0.05) is 57.4 Å². The molecule has 1 atom stereocenters. The van der Waals surface area contributed by atoms with Gasteiger partial charge in [-0.1, -0.05) is 12.1 Å². The summed E-state index contributed by atoms with van der Waals surface area (Å²) in [5.74, 6) is 1.94. The number of rotatable bonds is 5. The maximum Gasteiger partial charge on any atom is 0.118 e. The van der Waals surface area contributed by atoms with Crippen LogP contribution in [-0.4, -0.2) is 72.7 Å². The van der Waals surface area contributed by atoms with Crippen molar-refractivity contribution in [2.24, 2.45) is 5.92 Å². The Balaban J connectivity index is 1.41. The largest absolute Gasteiger partial charge is 0.497 e. The highest BCUT2D eigenvalue weighted by Crippen LogP contribution is 2.33. The summed E-state index contributed by atoms with van der Waals surface area (Å²) >= 11 is 0. The van der Waals surface area contributed by atoms with Gasteiger partial charge in [-0.15, -0.1) is 0 Å². The van der Waals surface area contributed by atoms with Crippen molar-refractivity contribution in [2.45, 2.75) is 44.8 Å². The van der Waals surface area contributed by atoms with Crippen LogP contribution in [0.1, 0.15) is 32.3 Å². The van der Waals surface area contributed by atoms with E-state index in [4.69, 9.17) is 4.74 Å². The molecule has 2 saturated heterocycles. The highest BCUT2D eigenvalue weighted by molar-refractivity contribution is 5.27. The maximum absolute atomic E-state index is 5.29. The number of ether oxygens (including phenoxy) is 1. The summed E-state index contributed by atoms with van der Waals surface area (Å²) in [6, 6.07) is 9.25. The van der Waals surface area contributed by atoms with Crippen molar-refractivity contribution in [2.75, 3.05) is 46.4 Å².